The van der Waals surface area contributed by atoms with Crippen LogP contribution in [0.5, 0.6) is 0 Å². The number of nitrogens with one attached hydrogen (secondary N) is 2. The molecule has 3 amide bonds. The summed E-state index contributed by atoms with van der Waals surface area (Å²) in [5.41, 5.74) is 1.16. The molecule has 0 bridgehead atoms. The Morgan fingerprint density at radius 1 is 1.00 bits per heavy atom. The first-order valence-electron chi connectivity index (χ1n) is 11.1. The minimum atomic E-state index is -0.392. The first kappa shape index (κ1) is 22.0. The molecular formula is C23H29FN6O2. The maximum Gasteiger partial charge on any atom is 0.322 e. The molecule has 2 N–H and O–H groups in total. The van der Waals surface area contributed by atoms with Crippen molar-refractivity contribution in [3.8, 4) is 0 Å². The molecule has 0 radical (unpaired) electrons. The first-order valence-corrected chi connectivity index (χ1v) is 11.1. The lowest BCUT2D eigenvalue weighted by atomic mass is 10.2. The zero-order chi connectivity index (χ0) is 22.5. The number of rotatable bonds is 5. The summed E-state index contributed by atoms with van der Waals surface area (Å²) in [5.74, 6) is 0.232. The van der Waals surface area contributed by atoms with Gasteiger partial charge in [0.15, 0.2) is 5.82 Å². The van der Waals surface area contributed by atoms with Crippen molar-refractivity contribution in [1.29, 1.82) is 0 Å². The summed E-state index contributed by atoms with van der Waals surface area (Å²) in [7, 11) is 0. The molecule has 3 heterocycles. The molecule has 2 fully saturated rings. The van der Waals surface area contributed by atoms with E-state index in [9.17, 15) is 14.0 Å². The predicted molar refractivity (Wildman–Crippen MR) is 122 cm³/mol. The molecule has 2 aliphatic rings. The summed E-state index contributed by atoms with van der Waals surface area (Å²) in [6.45, 7) is 5.92. The Hall–Kier alpha value is -3.20. The predicted octanol–water partition coefficient (Wildman–Crippen LogP) is 3.00. The van der Waals surface area contributed by atoms with Crippen LogP contribution in [0.2, 0.25) is 0 Å². The van der Waals surface area contributed by atoms with Crippen LogP contribution in [-0.2, 0) is 4.79 Å². The summed E-state index contributed by atoms with van der Waals surface area (Å²) in [4.78, 5) is 35.9. The Morgan fingerprint density at radius 2 is 1.75 bits per heavy atom. The van der Waals surface area contributed by atoms with Gasteiger partial charge in [0.1, 0.15) is 5.82 Å². The van der Waals surface area contributed by atoms with Gasteiger partial charge in [-0.3, -0.25) is 9.69 Å². The average Bonchev–Trinajstić information content (AvgIpc) is 3.34. The fourth-order valence-corrected chi connectivity index (χ4v) is 4.16. The van der Waals surface area contributed by atoms with Crippen LogP contribution in [0.1, 0.15) is 19.8 Å². The highest BCUT2D eigenvalue weighted by Gasteiger charge is 2.28. The molecule has 0 unspecified atom stereocenters. The number of piperazine rings is 1. The third-order valence-electron chi connectivity index (χ3n) is 6.05. The molecule has 9 heteroatoms. The van der Waals surface area contributed by atoms with E-state index in [4.69, 9.17) is 0 Å². The summed E-state index contributed by atoms with van der Waals surface area (Å²) in [5, 5.41) is 5.77. The van der Waals surface area contributed by atoms with Crippen molar-refractivity contribution in [2.75, 3.05) is 54.8 Å². The van der Waals surface area contributed by atoms with Gasteiger partial charge in [-0.15, -0.1) is 0 Å². The highest BCUT2D eigenvalue weighted by atomic mass is 19.1. The number of nitrogens with zero attached hydrogens (tertiary/aromatic N) is 4. The summed E-state index contributed by atoms with van der Waals surface area (Å²) < 4.78 is 13.3. The Balaban J connectivity index is 1.30. The summed E-state index contributed by atoms with van der Waals surface area (Å²) in [6.07, 6.45) is 4.02. The maximum absolute atomic E-state index is 13.3. The van der Waals surface area contributed by atoms with Crippen LogP contribution in [0, 0.1) is 5.82 Å². The molecule has 32 heavy (non-hydrogen) atoms. The quantitative estimate of drug-likeness (QED) is 0.747. The minimum absolute atomic E-state index is 0.157. The number of urea groups is 1. The molecule has 4 rings (SSSR count). The number of halogens is 1. The average molecular weight is 441 g/mol. The van der Waals surface area contributed by atoms with E-state index < -0.39 is 5.82 Å². The van der Waals surface area contributed by atoms with Gasteiger partial charge in [0.2, 0.25) is 5.91 Å². The van der Waals surface area contributed by atoms with Crippen LogP contribution in [-0.4, -0.2) is 72.0 Å². The number of pyridine rings is 1. The van der Waals surface area contributed by atoms with Gasteiger partial charge in [-0.25, -0.2) is 14.2 Å². The van der Waals surface area contributed by atoms with Crippen molar-refractivity contribution in [3.63, 3.8) is 0 Å². The van der Waals surface area contributed by atoms with Crippen molar-refractivity contribution in [1.82, 2.24) is 14.8 Å². The van der Waals surface area contributed by atoms with Crippen LogP contribution >= 0.6 is 0 Å². The molecule has 2 aromatic rings. The number of benzene rings is 1. The normalized spacial score (nSPS) is 17.8. The summed E-state index contributed by atoms with van der Waals surface area (Å²) >= 11 is 0. The molecule has 1 atom stereocenters. The smallest absolute Gasteiger partial charge is 0.322 e. The lowest BCUT2D eigenvalue weighted by Gasteiger charge is -2.37. The maximum atomic E-state index is 13.3. The Bertz CT molecular complexity index is 957. The van der Waals surface area contributed by atoms with Crippen LogP contribution in [0.4, 0.5) is 26.4 Å². The fraction of sp³-hybridized carbons (Fsp3) is 0.435. The van der Waals surface area contributed by atoms with E-state index in [1.54, 1.807) is 23.2 Å². The zero-order valence-electron chi connectivity index (χ0n) is 18.3. The second kappa shape index (κ2) is 9.95. The molecule has 0 saturated carbocycles. The van der Waals surface area contributed by atoms with E-state index in [0.717, 1.165) is 37.4 Å². The monoisotopic (exact) mass is 440 g/mol. The molecule has 1 aromatic heterocycles. The second-order valence-electron chi connectivity index (χ2n) is 8.20. The van der Waals surface area contributed by atoms with E-state index in [-0.39, 0.29) is 18.0 Å². The highest BCUT2D eigenvalue weighted by Crippen LogP contribution is 2.26. The van der Waals surface area contributed by atoms with Crippen LogP contribution in [0.15, 0.2) is 42.6 Å². The molecule has 0 aliphatic carbocycles. The van der Waals surface area contributed by atoms with Gasteiger partial charge in [-0.1, -0.05) is 6.07 Å². The van der Waals surface area contributed by atoms with Crippen molar-refractivity contribution >= 4 is 29.1 Å². The van der Waals surface area contributed by atoms with Gasteiger partial charge >= 0.3 is 6.03 Å². The zero-order valence-corrected chi connectivity index (χ0v) is 18.3. The van der Waals surface area contributed by atoms with Crippen LogP contribution < -0.4 is 15.5 Å². The number of aromatic nitrogens is 1. The lowest BCUT2D eigenvalue weighted by Crippen LogP contribution is -2.54. The van der Waals surface area contributed by atoms with Crippen LogP contribution in [0.3, 0.4) is 0 Å². The van der Waals surface area contributed by atoms with Crippen molar-refractivity contribution < 1.29 is 14.0 Å². The number of hydrogen-bond acceptors (Lipinski definition) is 5. The first-order chi connectivity index (χ1) is 15.5. The standard InChI is InChI=1S/C23H29FN6O2/c1-17(22(31)26-19-7-4-6-18(24)16-19)28-12-14-30(15-13-28)23(32)27-20-8-5-9-25-21(20)29-10-2-3-11-29/h4-9,16-17H,2-3,10-15H2,1H3,(H,26,31)(H,27,32)/t17-/m0/s1. The molecule has 0 spiro atoms. The number of hydrogen-bond donors (Lipinski definition) is 2. The molecular weight excluding hydrogens is 411 g/mol. The highest BCUT2D eigenvalue weighted by molar-refractivity contribution is 5.95. The number of carbonyl (C=O) groups excluding carboxylic acids is 2. The number of carbonyl (C=O) groups is 2. The molecule has 170 valence electrons. The Morgan fingerprint density at radius 3 is 2.47 bits per heavy atom. The molecule has 2 aliphatic heterocycles. The van der Waals surface area contributed by atoms with Crippen molar-refractivity contribution in [2.45, 2.75) is 25.8 Å². The van der Waals surface area contributed by atoms with E-state index in [2.05, 4.69) is 20.5 Å². The number of amides is 3. The van der Waals surface area contributed by atoms with Gasteiger partial charge in [-0.2, -0.15) is 0 Å². The molecule has 2 saturated heterocycles. The molecule has 8 nitrogen and oxygen atoms in total. The van der Waals surface area contributed by atoms with Crippen LogP contribution in [0.25, 0.3) is 0 Å². The van der Waals surface area contributed by atoms with Crippen molar-refractivity contribution in [3.05, 3.63) is 48.4 Å². The van der Waals surface area contributed by atoms with Gasteiger partial charge < -0.3 is 20.4 Å². The fourth-order valence-electron chi connectivity index (χ4n) is 4.16. The van der Waals surface area contributed by atoms with E-state index >= 15 is 0 Å². The Labute approximate surface area is 187 Å². The topological polar surface area (TPSA) is 80.8 Å². The number of anilines is 3. The minimum Gasteiger partial charge on any atom is -0.355 e. The lowest BCUT2D eigenvalue weighted by molar-refractivity contribution is -0.121. The van der Waals surface area contributed by atoms with Gasteiger partial charge in [0.25, 0.3) is 0 Å². The third-order valence-corrected chi connectivity index (χ3v) is 6.05. The van der Waals surface area contributed by atoms with E-state index in [0.29, 0.717) is 31.9 Å². The van der Waals surface area contributed by atoms with E-state index in [1.807, 2.05) is 24.0 Å². The largest absolute Gasteiger partial charge is 0.355 e. The second-order valence-corrected chi connectivity index (χ2v) is 8.20. The Kier molecular flexibility index (Phi) is 6.84. The van der Waals surface area contributed by atoms with Gasteiger partial charge in [0.05, 0.1) is 11.7 Å². The third kappa shape index (κ3) is 5.16. The van der Waals surface area contributed by atoms with E-state index in [1.165, 1.54) is 12.1 Å². The molecule has 1 aromatic carbocycles. The van der Waals surface area contributed by atoms with Crippen molar-refractivity contribution in [2.24, 2.45) is 0 Å². The summed E-state index contributed by atoms with van der Waals surface area (Å²) in [6, 6.07) is 9.01. The SMILES string of the molecule is C[C@@H](C(=O)Nc1cccc(F)c1)N1CCN(C(=O)Nc2cccnc2N2CCCC2)CC1. The van der Waals surface area contributed by atoms with Gasteiger partial charge in [0, 0.05) is 51.2 Å². The van der Waals surface area contributed by atoms with Gasteiger partial charge in [-0.05, 0) is 50.1 Å².